The van der Waals surface area contributed by atoms with E-state index in [1.807, 2.05) is 6.07 Å². The van der Waals surface area contributed by atoms with E-state index in [9.17, 15) is 10.2 Å². The topological polar surface area (TPSA) is 79.8 Å². The molecule has 0 radical (unpaired) electrons. The van der Waals surface area contributed by atoms with Crippen molar-refractivity contribution in [1.82, 2.24) is 5.01 Å². The van der Waals surface area contributed by atoms with Gasteiger partial charge in [-0.3, -0.25) is 0 Å². The average molecular weight is 273 g/mol. The number of rotatable bonds is 5. The maximum Gasteiger partial charge on any atom is 0.159 e. The van der Waals surface area contributed by atoms with Crippen molar-refractivity contribution in [3.05, 3.63) is 48.7 Å². The summed E-state index contributed by atoms with van der Waals surface area (Å²) in [5, 5.41) is 35.2. The van der Waals surface area contributed by atoms with Crippen LogP contribution in [0.25, 0.3) is 0 Å². The summed E-state index contributed by atoms with van der Waals surface area (Å²) in [5.41, 5.74) is 1.19. The van der Waals surface area contributed by atoms with Crippen LogP contribution in [0.5, 0.6) is 0 Å². The van der Waals surface area contributed by atoms with Crippen molar-refractivity contribution >= 4 is 5.71 Å². The van der Waals surface area contributed by atoms with Crippen molar-refractivity contribution in [2.45, 2.75) is 26.2 Å². The number of nitrogens with zero attached hydrogens (tertiary/aromatic N) is 3. The number of nitriles is 1. The van der Waals surface area contributed by atoms with E-state index in [-0.39, 0.29) is 5.71 Å². The van der Waals surface area contributed by atoms with E-state index < -0.39 is 18.2 Å². The monoisotopic (exact) mass is 273 g/mol. The highest BCUT2D eigenvalue weighted by atomic mass is 16.3. The van der Waals surface area contributed by atoms with Crippen molar-refractivity contribution in [3.63, 3.8) is 0 Å². The Labute approximate surface area is 119 Å². The predicted molar refractivity (Wildman–Crippen MR) is 78.3 cm³/mol. The van der Waals surface area contributed by atoms with E-state index in [1.54, 1.807) is 26.0 Å². The molecule has 1 rings (SSSR count). The van der Waals surface area contributed by atoms with Gasteiger partial charge in [0.2, 0.25) is 0 Å². The highest BCUT2D eigenvalue weighted by Crippen LogP contribution is 2.30. The van der Waals surface area contributed by atoms with E-state index in [0.717, 1.165) is 0 Å². The molecule has 0 aliphatic carbocycles. The highest BCUT2D eigenvalue weighted by molar-refractivity contribution is 6.02. The molecule has 0 aromatic rings. The Kier molecular flexibility index (Phi) is 5.44. The van der Waals surface area contributed by atoms with Gasteiger partial charge in [0.25, 0.3) is 0 Å². The summed E-state index contributed by atoms with van der Waals surface area (Å²) in [6.07, 6.45) is 4.26. The molecule has 0 amide bonds. The summed E-state index contributed by atoms with van der Waals surface area (Å²) < 4.78 is 0. The van der Waals surface area contributed by atoms with Crippen LogP contribution in [0.3, 0.4) is 0 Å². The standard InChI is InChI=1S/C15H19N3O2/c1-5-10(6-2)14(19)13-12(9-16)17-18(15(13)20)11(7-3)8-4/h5-8,13-15,19-20H,1,3H2,2,4H3/b10-6+,11-8+. The average Bonchev–Trinajstić information content (AvgIpc) is 2.78. The molecule has 1 aliphatic heterocycles. The third-order valence-corrected chi connectivity index (χ3v) is 3.24. The van der Waals surface area contributed by atoms with Gasteiger partial charge in [0.15, 0.2) is 6.23 Å². The molecule has 0 saturated carbocycles. The third-order valence-electron chi connectivity index (χ3n) is 3.24. The molecule has 106 valence electrons. The number of hydrogen-bond acceptors (Lipinski definition) is 5. The van der Waals surface area contributed by atoms with Crippen LogP contribution in [-0.4, -0.2) is 33.3 Å². The van der Waals surface area contributed by atoms with Crippen LogP contribution in [0.15, 0.2) is 53.8 Å². The molecule has 20 heavy (non-hydrogen) atoms. The second-order valence-electron chi connectivity index (χ2n) is 4.24. The molecule has 0 aromatic carbocycles. The maximum atomic E-state index is 10.3. The number of hydrogen-bond donors (Lipinski definition) is 2. The van der Waals surface area contributed by atoms with Crippen molar-refractivity contribution in [1.29, 1.82) is 5.26 Å². The summed E-state index contributed by atoms with van der Waals surface area (Å²) in [4.78, 5) is 0. The molecule has 1 aliphatic rings. The van der Waals surface area contributed by atoms with Gasteiger partial charge in [-0.25, -0.2) is 5.01 Å². The first-order valence-corrected chi connectivity index (χ1v) is 6.27. The number of hydrazone groups is 1. The summed E-state index contributed by atoms with van der Waals surface area (Å²) >= 11 is 0. The first kappa shape index (κ1) is 15.9. The normalized spacial score (nSPS) is 24.9. The second kappa shape index (κ2) is 6.85. The number of aliphatic hydroxyl groups is 2. The molecule has 0 bridgehead atoms. The molecule has 0 spiro atoms. The summed E-state index contributed by atoms with van der Waals surface area (Å²) in [6, 6.07) is 1.93. The lowest BCUT2D eigenvalue weighted by molar-refractivity contribution is -0.0103. The molecule has 2 N–H and O–H groups in total. The van der Waals surface area contributed by atoms with Crippen molar-refractivity contribution in [2.75, 3.05) is 0 Å². The zero-order chi connectivity index (χ0) is 15.3. The van der Waals surface area contributed by atoms with Gasteiger partial charge in [-0.15, -0.1) is 0 Å². The summed E-state index contributed by atoms with van der Waals surface area (Å²) in [7, 11) is 0. The molecular formula is C15H19N3O2. The lowest BCUT2D eigenvalue weighted by atomic mass is 9.90. The van der Waals surface area contributed by atoms with Gasteiger partial charge < -0.3 is 10.2 Å². The molecule has 1 heterocycles. The van der Waals surface area contributed by atoms with Gasteiger partial charge in [-0.05, 0) is 25.5 Å². The Morgan fingerprint density at radius 1 is 1.40 bits per heavy atom. The zero-order valence-corrected chi connectivity index (χ0v) is 11.7. The lowest BCUT2D eigenvalue weighted by Crippen LogP contribution is -2.40. The van der Waals surface area contributed by atoms with E-state index in [1.165, 1.54) is 17.2 Å². The zero-order valence-electron chi connectivity index (χ0n) is 11.7. The first-order chi connectivity index (χ1) is 9.55. The fraction of sp³-hybridized carbons (Fsp3) is 0.333. The van der Waals surface area contributed by atoms with Crippen LogP contribution < -0.4 is 0 Å². The minimum atomic E-state index is -1.13. The minimum absolute atomic E-state index is 0.0763. The van der Waals surface area contributed by atoms with E-state index in [0.29, 0.717) is 11.3 Å². The summed E-state index contributed by atoms with van der Waals surface area (Å²) in [5.74, 6) is -0.820. The number of aliphatic hydroxyl groups excluding tert-OH is 2. The minimum Gasteiger partial charge on any atom is -0.388 e. The smallest absolute Gasteiger partial charge is 0.159 e. The Bertz CT molecular complexity index is 526. The van der Waals surface area contributed by atoms with E-state index in [4.69, 9.17) is 5.26 Å². The lowest BCUT2D eigenvalue weighted by Gasteiger charge is -2.26. The molecule has 0 aromatic heterocycles. The van der Waals surface area contributed by atoms with Gasteiger partial charge in [-0.2, -0.15) is 10.4 Å². The number of allylic oxidation sites excluding steroid dienone is 3. The fourth-order valence-corrected chi connectivity index (χ4v) is 2.12. The van der Waals surface area contributed by atoms with Crippen molar-refractivity contribution in [2.24, 2.45) is 11.0 Å². The molecule has 5 heteroatoms. The van der Waals surface area contributed by atoms with Crippen LogP contribution in [0.1, 0.15) is 13.8 Å². The van der Waals surface area contributed by atoms with E-state index >= 15 is 0 Å². The van der Waals surface area contributed by atoms with Gasteiger partial charge >= 0.3 is 0 Å². The molecule has 3 unspecified atom stereocenters. The first-order valence-electron chi connectivity index (χ1n) is 6.27. The second-order valence-corrected chi connectivity index (χ2v) is 4.24. The highest BCUT2D eigenvalue weighted by Gasteiger charge is 2.42. The molecule has 3 atom stereocenters. The third kappa shape index (κ3) is 2.72. The van der Waals surface area contributed by atoms with Crippen molar-refractivity contribution in [3.8, 4) is 6.07 Å². The predicted octanol–water partition coefficient (Wildman–Crippen LogP) is 1.70. The molecule has 0 saturated heterocycles. The van der Waals surface area contributed by atoms with Gasteiger partial charge in [0.1, 0.15) is 11.8 Å². The van der Waals surface area contributed by atoms with Crippen LogP contribution >= 0.6 is 0 Å². The Balaban J connectivity index is 3.18. The van der Waals surface area contributed by atoms with Crippen LogP contribution in [0.4, 0.5) is 0 Å². The maximum absolute atomic E-state index is 10.3. The summed E-state index contributed by atoms with van der Waals surface area (Å²) in [6.45, 7) is 10.8. The van der Waals surface area contributed by atoms with Crippen LogP contribution in [0.2, 0.25) is 0 Å². The Morgan fingerprint density at radius 3 is 2.45 bits per heavy atom. The SMILES string of the molecule is C=C/C(=C\C)C(O)C1C(C#N)=NN(/C(C=C)=C/C)C1O. The quantitative estimate of drug-likeness (QED) is 0.747. The van der Waals surface area contributed by atoms with Gasteiger partial charge in [0, 0.05) is 0 Å². The van der Waals surface area contributed by atoms with Gasteiger partial charge in [-0.1, -0.05) is 31.4 Å². The largest absolute Gasteiger partial charge is 0.388 e. The fourth-order valence-electron chi connectivity index (χ4n) is 2.12. The Morgan fingerprint density at radius 2 is 2.05 bits per heavy atom. The molecule has 0 fully saturated rings. The Hall–Kier alpha value is -2.16. The van der Waals surface area contributed by atoms with Crippen LogP contribution in [-0.2, 0) is 0 Å². The van der Waals surface area contributed by atoms with Crippen molar-refractivity contribution < 1.29 is 10.2 Å². The van der Waals surface area contributed by atoms with Gasteiger partial charge in [0.05, 0.1) is 17.7 Å². The molecule has 5 nitrogen and oxygen atoms in total. The van der Waals surface area contributed by atoms with E-state index in [2.05, 4.69) is 18.3 Å². The molecular weight excluding hydrogens is 254 g/mol. The van der Waals surface area contributed by atoms with Crippen LogP contribution in [0, 0.1) is 17.2 Å².